The zero-order valence-corrected chi connectivity index (χ0v) is 13.6. The molecular weight excluding hydrogens is 297 g/mol. The average Bonchev–Trinajstić information content (AvgIpc) is 2.56. The van der Waals surface area contributed by atoms with Crippen molar-refractivity contribution in [3.63, 3.8) is 0 Å². The van der Waals surface area contributed by atoms with Crippen LogP contribution in [0.4, 0.5) is 4.39 Å². The van der Waals surface area contributed by atoms with Crippen LogP contribution in [0.1, 0.15) is 34.5 Å². The number of hydrogen-bond donors (Lipinski definition) is 1. The summed E-state index contributed by atoms with van der Waals surface area (Å²) in [5.41, 5.74) is 1.57. The molecule has 1 atom stereocenters. The number of methoxy groups -OCH3 is 2. The third-order valence-corrected chi connectivity index (χ3v) is 3.68. The lowest BCUT2D eigenvalue weighted by molar-refractivity contribution is 0.0939. The first-order valence-corrected chi connectivity index (χ1v) is 7.25. The van der Waals surface area contributed by atoms with Gasteiger partial charge in [-0.1, -0.05) is 6.07 Å². The summed E-state index contributed by atoms with van der Waals surface area (Å²) < 4.78 is 24.1. The molecule has 23 heavy (non-hydrogen) atoms. The number of nitrogens with one attached hydrogen (secondary N) is 1. The number of aryl methyl sites for hydroxylation is 1. The molecule has 0 aliphatic heterocycles. The Morgan fingerprint density at radius 1 is 1.13 bits per heavy atom. The van der Waals surface area contributed by atoms with Crippen LogP contribution in [0.15, 0.2) is 36.4 Å². The van der Waals surface area contributed by atoms with Gasteiger partial charge in [-0.05, 0) is 49.7 Å². The van der Waals surface area contributed by atoms with Crippen LogP contribution in [-0.2, 0) is 0 Å². The van der Waals surface area contributed by atoms with Crippen LogP contribution < -0.4 is 14.8 Å². The summed E-state index contributed by atoms with van der Waals surface area (Å²) in [4.78, 5) is 12.3. The van der Waals surface area contributed by atoms with Crippen molar-refractivity contribution in [1.29, 1.82) is 0 Å². The van der Waals surface area contributed by atoms with Crippen molar-refractivity contribution in [3.8, 4) is 11.5 Å². The maximum atomic E-state index is 13.6. The number of carbonyl (C=O) groups excluding carboxylic acids is 1. The number of halogens is 1. The van der Waals surface area contributed by atoms with Crippen molar-refractivity contribution in [2.24, 2.45) is 0 Å². The number of hydrogen-bond acceptors (Lipinski definition) is 3. The lowest BCUT2D eigenvalue weighted by Crippen LogP contribution is -2.27. The second-order valence-corrected chi connectivity index (χ2v) is 5.27. The number of amides is 1. The highest BCUT2D eigenvalue weighted by Gasteiger charge is 2.17. The summed E-state index contributed by atoms with van der Waals surface area (Å²) in [6.45, 7) is 3.49. The van der Waals surface area contributed by atoms with Gasteiger partial charge in [-0.2, -0.15) is 0 Å². The van der Waals surface area contributed by atoms with Crippen molar-refractivity contribution >= 4 is 5.91 Å². The molecule has 5 heteroatoms. The van der Waals surface area contributed by atoms with E-state index < -0.39 is 5.82 Å². The molecular formula is C18H20FNO3. The summed E-state index contributed by atoms with van der Waals surface area (Å²) in [6.07, 6.45) is 0. The lowest BCUT2D eigenvalue weighted by atomic mass is 10.1. The van der Waals surface area contributed by atoms with Gasteiger partial charge < -0.3 is 14.8 Å². The Kier molecular flexibility index (Phi) is 5.21. The Morgan fingerprint density at radius 2 is 1.87 bits per heavy atom. The predicted octanol–water partition coefficient (Wildman–Crippen LogP) is 3.64. The van der Waals surface area contributed by atoms with E-state index in [1.165, 1.54) is 6.07 Å². The molecule has 0 spiro atoms. The Labute approximate surface area is 135 Å². The highest BCUT2D eigenvalue weighted by atomic mass is 19.1. The smallest absolute Gasteiger partial charge is 0.251 e. The molecule has 0 saturated heterocycles. The van der Waals surface area contributed by atoms with Gasteiger partial charge in [0.2, 0.25) is 0 Å². The first kappa shape index (κ1) is 16.8. The third kappa shape index (κ3) is 3.80. The third-order valence-electron chi connectivity index (χ3n) is 3.68. The van der Waals surface area contributed by atoms with Crippen molar-refractivity contribution in [2.75, 3.05) is 14.2 Å². The maximum absolute atomic E-state index is 13.6. The van der Waals surface area contributed by atoms with E-state index in [0.29, 0.717) is 17.1 Å². The van der Waals surface area contributed by atoms with Gasteiger partial charge in [-0.3, -0.25) is 4.79 Å². The topological polar surface area (TPSA) is 47.6 Å². The van der Waals surface area contributed by atoms with Crippen molar-refractivity contribution < 1.29 is 18.7 Å². The van der Waals surface area contributed by atoms with Crippen molar-refractivity contribution in [3.05, 3.63) is 58.9 Å². The van der Waals surface area contributed by atoms with Crippen LogP contribution in [0.25, 0.3) is 0 Å². The highest BCUT2D eigenvalue weighted by molar-refractivity contribution is 5.94. The van der Waals surface area contributed by atoms with Crippen LogP contribution in [0, 0.1) is 12.7 Å². The molecule has 0 heterocycles. The Morgan fingerprint density at radius 3 is 2.48 bits per heavy atom. The normalized spacial score (nSPS) is 11.7. The van der Waals surface area contributed by atoms with Gasteiger partial charge >= 0.3 is 0 Å². The molecule has 4 nitrogen and oxygen atoms in total. The summed E-state index contributed by atoms with van der Waals surface area (Å²) in [7, 11) is 3.14. The molecule has 0 unspecified atom stereocenters. The first-order valence-electron chi connectivity index (χ1n) is 7.25. The van der Waals surface area contributed by atoms with Gasteiger partial charge in [-0.25, -0.2) is 4.39 Å². The zero-order chi connectivity index (χ0) is 17.0. The van der Waals surface area contributed by atoms with E-state index in [1.54, 1.807) is 51.5 Å². The Balaban J connectivity index is 2.22. The van der Waals surface area contributed by atoms with E-state index in [9.17, 15) is 9.18 Å². The molecule has 0 aromatic heterocycles. The van der Waals surface area contributed by atoms with E-state index in [2.05, 4.69) is 5.32 Å². The molecule has 0 saturated carbocycles. The van der Waals surface area contributed by atoms with Gasteiger partial charge in [0.05, 0.1) is 20.3 Å². The molecule has 0 aliphatic rings. The number of ether oxygens (including phenoxy) is 2. The second-order valence-electron chi connectivity index (χ2n) is 5.27. The monoisotopic (exact) mass is 317 g/mol. The number of rotatable bonds is 5. The zero-order valence-electron chi connectivity index (χ0n) is 13.6. The standard InChI is InChI=1S/C18H20FNO3/c1-11-5-6-13(9-16(11)19)18(21)20-12(2)15-10-14(22-3)7-8-17(15)23-4/h5-10,12H,1-4H3,(H,20,21)/t12-/m1/s1. The molecule has 0 bridgehead atoms. The van der Waals surface area contributed by atoms with Crippen LogP contribution in [0.5, 0.6) is 11.5 Å². The molecule has 0 fully saturated rings. The minimum atomic E-state index is -0.399. The molecule has 2 aromatic carbocycles. The number of benzene rings is 2. The van der Waals surface area contributed by atoms with Crippen LogP contribution in [-0.4, -0.2) is 20.1 Å². The number of carbonyl (C=O) groups is 1. The van der Waals surface area contributed by atoms with E-state index in [4.69, 9.17) is 9.47 Å². The van der Waals surface area contributed by atoms with Crippen molar-refractivity contribution in [1.82, 2.24) is 5.32 Å². The van der Waals surface area contributed by atoms with E-state index >= 15 is 0 Å². The predicted molar refractivity (Wildman–Crippen MR) is 86.6 cm³/mol. The van der Waals surface area contributed by atoms with E-state index in [1.807, 2.05) is 6.92 Å². The Bertz CT molecular complexity index is 715. The van der Waals surface area contributed by atoms with Gasteiger partial charge in [0.25, 0.3) is 5.91 Å². The van der Waals surface area contributed by atoms with Gasteiger partial charge in [0.15, 0.2) is 0 Å². The molecule has 1 N–H and O–H groups in total. The van der Waals surface area contributed by atoms with Crippen LogP contribution >= 0.6 is 0 Å². The molecule has 0 aliphatic carbocycles. The molecule has 0 radical (unpaired) electrons. The first-order chi connectivity index (χ1) is 11.0. The van der Waals surface area contributed by atoms with Gasteiger partial charge in [0.1, 0.15) is 17.3 Å². The summed E-state index contributed by atoms with van der Waals surface area (Å²) in [5, 5.41) is 2.84. The molecule has 1 amide bonds. The lowest BCUT2D eigenvalue weighted by Gasteiger charge is -2.18. The van der Waals surface area contributed by atoms with Gasteiger partial charge in [-0.15, -0.1) is 0 Å². The Hall–Kier alpha value is -2.56. The highest BCUT2D eigenvalue weighted by Crippen LogP contribution is 2.29. The fourth-order valence-electron chi connectivity index (χ4n) is 2.27. The minimum absolute atomic E-state index is 0.279. The maximum Gasteiger partial charge on any atom is 0.251 e. The van der Waals surface area contributed by atoms with E-state index in [-0.39, 0.29) is 17.5 Å². The molecule has 2 aromatic rings. The van der Waals surface area contributed by atoms with Crippen LogP contribution in [0.3, 0.4) is 0 Å². The summed E-state index contributed by atoms with van der Waals surface area (Å²) >= 11 is 0. The fourth-order valence-corrected chi connectivity index (χ4v) is 2.27. The molecule has 122 valence electrons. The fraction of sp³-hybridized carbons (Fsp3) is 0.278. The van der Waals surface area contributed by atoms with E-state index in [0.717, 1.165) is 5.56 Å². The van der Waals surface area contributed by atoms with Crippen molar-refractivity contribution in [2.45, 2.75) is 19.9 Å². The average molecular weight is 317 g/mol. The SMILES string of the molecule is COc1ccc(OC)c([C@@H](C)NC(=O)c2ccc(C)c(F)c2)c1. The summed E-state index contributed by atoms with van der Waals surface area (Å²) in [6, 6.07) is 9.47. The van der Waals surface area contributed by atoms with Gasteiger partial charge in [0, 0.05) is 11.1 Å². The largest absolute Gasteiger partial charge is 0.497 e. The second kappa shape index (κ2) is 7.13. The van der Waals surface area contributed by atoms with Crippen LogP contribution in [0.2, 0.25) is 0 Å². The molecule has 2 rings (SSSR count). The minimum Gasteiger partial charge on any atom is -0.497 e. The quantitative estimate of drug-likeness (QED) is 0.916. The summed E-state index contributed by atoms with van der Waals surface area (Å²) in [5.74, 6) is 0.572.